The summed E-state index contributed by atoms with van der Waals surface area (Å²) >= 11 is 0. The van der Waals surface area contributed by atoms with Crippen LogP contribution in [0.15, 0.2) is 48.7 Å². The predicted molar refractivity (Wildman–Crippen MR) is 94.6 cm³/mol. The highest BCUT2D eigenvalue weighted by Crippen LogP contribution is 2.36. The molecule has 0 radical (unpaired) electrons. The molecular formula is C19H17N3O2. The lowest BCUT2D eigenvalue weighted by Gasteiger charge is -2.10. The predicted octanol–water partition coefficient (Wildman–Crippen LogP) is 3.54. The maximum atomic E-state index is 11.8. The van der Waals surface area contributed by atoms with Gasteiger partial charge in [-0.2, -0.15) is 0 Å². The number of carbonyl (C=O) groups excluding carboxylic acids is 1. The Kier molecular flexibility index (Phi) is 3.34. The quantitative estimate of drug-likeness (QED) is 0.644. The molecule has 4 rings (SSSR count). The highest BCUT2D eigenvalue weighted by molar-refractivity contribution is 5.96. The first kappa shape index (κ1) is 14.5. The number of nitrogens with one attached hydrogen (secondary N) is 1. The van der Waals surface area contributed by atoms with Crippen LogP contribution in [0.2, 0.25) is 0 Å². The molecule has 1 fully saturated rings. The van der Waals surface area contributed by atoms with E-state index in [1.165, 1.54) is 0 Å². The molecule has 0 atom stereocenters. The van der Waals surface area contributed by atoms with E-state index in [-0.39, 0.29) is 17.6 Å². The zero-order valence-corrected chi connectivity index (χ0v) is 13.0. The zero-order chi connectivity index (χ0) is 16.7. The molecular weight excluding hydrogens is 302 g/mol. The van der Waals surface area contributed by atoms with Crippen molar-refractivity contribution in [2.75, 3.05) is 11.1 Å². The van der Waals surface area contributed by atoms with Crippen LogP contribution in [-0.2, 0) is 4.79 Å². The van der Waals surface area contributed by atoms with E-state index in [1.807, 2.05) is 24.3 Å². The fourth-order valence-electron chi connectivity index (χ4n) is 2.81. The summed E-state index contributed by atoms with van der Waals surface area (Å²) in [5.74, 6) is 0.902. The molecule has 1 aliphatic carbocycles. The van der Waals surface area contributed by atoms with Gasteiger partial charge in [0.1, 0.15) is 11.6 Å². The van der Waals surface area contributed by atoms with Gasteiger partial charge in [-0.05, 0) is 48.1 Å². The SMILES string of the molecule is Nc1cccc(O)c1-c1ccc2cc(NC(=O)C3CC3)ncc2c1. The lowest BCUT2D eigenvalue weighted by Crippen LogP contribution is -2.14. The number of nitrogens with two attached hydrogens (primary N) is 1. The van der Waals surface area contributed by atoms with Crippen LogP contribution in [0, 0.1) is 5.92 Å². The molecule has 5 nitrogen and oxygen atoms in total. The molecule has 1 aliphatic rings. The standard InChI is InChI=1S/C19H17N3O2/c20-15-2-1-3-16(23)18(15)13-7-6-12-9-17(21-10-14(12)8-13)22-19(24)11-4-5-11/h1-3,6-11,23H,4-5,20H2,(H,21,22,24). The number of pyridine rings is 1. The van der Waals surface area contributed by atoms with Gasteiger partial charge in [-0.15, -0.1) is 0 Å². The molecule has 3 aromatic rings. The molecule has 4 N–H and O–H groups in total. The monoisotopic (exact) mass is 319 g/mol. The van der Waals surface area contributed by atoms with Gasteiger partial charge in [0, 0.05) is 28.8 Å². The maximum Gasteiger partial charge on any atom is 0.228 e. The van der Waals surface area contributed by atoms with Crippen molar-refractivity contribution < 1.29 is 9.90 Å². The van der Waals surface area contributed by atoms with Gasteiger partial charge in [0.25, 0.3) is 0 Å². The van der Waals surface area contributed by atoms with Gasteiger partial charge in [0.15, 0.2) is 0 Å². The Bertz CT molecular complexity index is 928. The van der Waals surface area contributed by atoms with Crippen LogP contribution in [0.1, 0.15) is 12.8 Å². The molecule has 0 saturated heterocycles. The van der Waals surface area contributed by atoms with Crippen molar-refractivity contribution in [3.8, 4) is 16.9 Å². The number of hydrogen-bond donors (Lipinski definition) is 3. The topological polar surface area (TPSA) is 88.2 Å². The molecule has 0 aliphatic heterocycles. The molecule has 120 valence electrons. The summed E-state index contributed by atoms with van der Waals surface area (Å²) in [5, 5.41) is 14.8. The molecule has 2 aromatic carbocycles. The van der Waals surface area contributed by atoms with Crippen LogP contribution in [0.25, 0.3) is 21.9 Å². The summed E-state index contributed by atoms with van der Waals surface area (Å²) in [4.78, 5) is 16.1. The minimum absolute atomic E-state index is 0.0421. The molecule has 0 unspecified atom stereocenters. The smallest absolute Gasteiger partial charge is 0.228 e. The second-order valence-corrected chi connectivity index (χ2v) is 6.14. The molecule has 5 heteroatoms. The van der Waals surface area contributed by atoms with Crippen LogP contribution in [0.4, 0.5) is 11.5 Å². The summed E-state index contributed by atoms with van der Waals surface area (Å²) in [5.41, 5.74) is 7.96. The summed E-state index contributed by atoms with van der Waals surface area (Å²) in [6.07, 6.45) is 3.65. The fraction of sp³-hybridized carbons (Fsp3) is 0.158. The van der Waals surface area contributed by atoms with Crippen molar-refractivity contribution in [3.63, 3.8) is 0 Å². The van der Waals surface area contributed by atoms with Gasteiger partial charge in [0.2, 0.25) is 5.91 Å². The van der Waals surface area contributed by atoms with Crippen LogP contribution in [0.3, 0.4) is 0 Å². The second kappa shape index (κ2) is 5.53. The number of phenols is 1. The Balaban J connectivity index is 1.70. The van der Waals surface area contributed by atoms with Crippen molar-refractivity contribution in [2.45, 2.75) is 12.8 Å². The Labute approximate surface area is 139 Å². The van der Waals surface area contributed by atoms with E-state index in [0.717, 1.165) is 29.2 Å². The van der Waals surface area contributed by atoms with Crippen molar-refractivity contribution in [2.24, 2.45) is 5.92 Å². The molecule has 1 heterocycles. The summed E-state index contributed by atoms with van der Waals surface area (Å²) in [7, 11) is 0. The van der Waals surface area contributed by atoms with Crippen molar-refractivity contribution in [1.82, 2.24) is 4.98 Å². The van der Waals surface area contributed by atoms with Crippen molar-refractivity contribution >= 4 is 28.2 Å². The number of hydrogen-bond acceptors (Lipinski definition) is 4. The molecule has 24 heavy (non-hydrogen) atoms. The van der Waals surface area contributed by atoms with E-state index in [9.17, 15) is 9.90 Å². The highest BCUT2D eigenvalue weighted by Gasteiger charge is 2.29. The summed E-state index contributed by atoms with van der Waals surface area (Å²) in [6, 6.07) is 12.7. The first-order valence-corrected chi connectivity index (χ1v) is 7.90. The minimum atomic E-state index is 0.0421. The third-order valence-electron chi connectivity index (χ3n) is 4.28. The van der Waals surface area contributed by atoms with E-state index in [4.69, 9.17) is 5.73 Å². The number of rotatable bonds is 3. The first-order valence-electron chi connectivity index (χ1n) is 7.90. The second-order valence-electron chi connectivity index (χ2n) is 6.14. The molecule has 1 aromatic heterocycles. The van der Waals surface area contributed by atoms with E-state index in [1.54, 1.807) is 24.4 Å². The largest absolute Gasteiger partial charge is 0.507 e. The Hall–Kier alpha value is -3.08. The van der Waals surface area contributed by atoms with Crippen LogP contribution < -0.4 is 11.1 Å². The third-order valence-corrected chi connectivity index (χ3v) is 4.28. The Morgan fingerprint density at radius 1 is 1.17 bits per heavy atom. The number of aromatic nitrogens is 1. The average Bonchev–Trinajstić information content (AvgIpc) is 3.39. The van der Waals surface area contributed by atoms with Crippen LogP contribution in [0.5, 0.6) is 5.75 Å². The molecule has 0 spiro atoms. The van der Waals surface area contributed by atoms with E-state index in [0.29, 0.717) is 17.1 Å². The van der Waals surface area contributed by atoms with E-state index in [2.05, 4.69) is 10.3 Å². The van der Waals surface area contributed by atoms with Gasteiger partial charge in [-0.25, -0.2) is 4.98 Å². The maximum absolute atomic E-state index is 11.8. The number of carbonyl (C=O) groups is 1. The van der Waals surface area contributed by atoms with E-state index < -0.39 is 0 Å². The number of aromatic hydroxyl groups is 1. The number of nitrogen functional groups attached to an aromatic ring is 1. The number of phenolic OH excluding ortho intramolecular Hbond substituents is 1. The van der Waals surface area contributed by atoms with Crippen LogP contribution >= 0.6 is 0 Å². The van der Waals surface area contributed by atoms with Gasteiger partial charge >= 0.3 is 0 Å². The molecule has 1 saturated carbocycles. The lowest BCUT2D eigenvalue weighted by atomic mass is 10.00. The average molecular weight is 319 g/mol. The number of amides is 1. The molecule has 1 amide bonds. The zero-order valence-electron chi connectivity index (χ0n) is 13.0. The number of nitrogens with zero attached hydrogens (tertiary/aromatic N) is 1. The van der Waals surface area contributed by atoms with Crippen molar-refractivity contribution in [1.29, 1.82) is 0 Å². The molecule has 0 bridgehead atoms. The normalized spacial score (nSPS) is 13.8. The van der Waals surface area contributed by atoms with Gasteiger partial charge < -0.3 is 16.2 Å². The fourth-order valence-corrected chi connectivity index (χ4v) is 2.81. The highest BCUT2D eigenvalue weighted by atomic mass is 16.3. The minimum Gasteiger partial charge on any atom is -0.507 e. The Morgan fingerprint density at radius 2 is 2.00 bits per heavy atom. The third kappa shape index (κ3) is 2.65. The lowest BCUT2D eigenvalue weighted by molar-refractivity contribution is -0.117. The van der Waals surface area contributed by atoms with Crippen LogP contribution in [-0.4, -0.2) is 16.0 Å². The number of anilines is 2. The van der Waals surface area contributed by atoms with Crippen molar-refractivity contribution in [3.05, 3.63) is 48.7 Å². The van der Waals surface area contributed by atoms with Gasteiger partial charge in [-0.3, -0.25) is 4.79 Å². The van der Waals surface area contributed by atoms with Gasteiger partial charge in [-0.1, -0.05) is 18.2 Å². The van der Waals surface area contributed by atoms with Gasteiger partial charge in [0.05, 0.1) is 0 Å². The number of fused-ring (bicyclic) bond motifs is 1. The Morgan fingerprint density at radius 3 is 2.75 bits per heavy atom. The first-order chi connectivity index (χ1) is 11.6. The summed E-state index contributed by atoms with van der Waals surface area (Å²) in [6.45, 7) is 0. The van der Waals surface area contributed by atoms with E-state index >= 15 is 0 Å². The summed E-state index contributed by atoms with van der Waals surface area (Å²) < 4.78 is 0. The number of benzene rings is 2.